The number of aromatic amines is 1. The summed E-state index contributed by atoms with van der Waals surface area (Å²) in [5.74, 6) is 0. The normalized spacial score (nSPS) is 10.8. The fourth-order valence-electron chi connectivity index (χ4n) is 2.75. The van der Waals surface area contributed by atoms with E-state index in [1.54, 1.807) is 18.3 Å². The van der Waals surface area contributed by atoms with Gasteiger partial charge in [-0.15, -0.1) is 0 Å². The number of hydrogen-bond donors (Lipinski definition) is 1. The van der Waals surface area contributed by atoms with Crippen molar-refractivity contribution in [1.29, 1.82) is 0 Å². The van der Waals surface area contributed by atoms with Crippen molar-refractivity contribution in [3.63, 3.8) is 0 Å². The number of pyridine rings is 1. The Hall–Kier alpha value is -2.03. The van der Waals surface area contributed by atoms with E-state index in [0.717, 1.165) is 24.0 Å². The summed E-state index contributed by atoms with van der Waals surface area (Å²) >= 11 is 12.2. The molecule has 1 aromatic heterocycles. The van der Waals surface area contributed by atoms with E-state index in [1.807, 2.05) is 18.2 Å². The van der Waals surface area contributed by atoms with E-state index < -0.39 is 0 Å². The number of rotatable bonds is 4. The molecule has 0 bridgehead atoms. The maximum absolute atomic E-state index is 11.2. The van der Waals surface area contributed by atoms with Gasteiger partial charge >= 0.3 is 0 Å². The van der Waals surface area contributed by atoms with Gasteiger partial charge in [0.1, 0.15) is 0 Å². The van der Waals surface area contributed by atoms with Crippen molar-refractivity contribution in [2.24, 2.45) is 0 Å². The minimum Gasteiger partial charge on any atom is -0.329 e. The second-order valence-corrected chi connectivity index (χ2v) is 6.83. The smallest absolute Gasteiger partial charge is 0.247 e. The third-order valence-electron chi connectivity index (χ3n) is 3.99. The van der Waals surface area contributed by atoms with Crippen molar-refractivity contribution in [3.05, 3.63) is 103 Å². The van der Waals surface area contributed by atoms with E-state index in [-0.39, 0.29) is 5.56 Å². The molecular weight excluding hydrogens is 341 g/mol. The molecule has 0 aliphatic heterocycles. The van der Waals surface area contributed by atoms with Crippen LogP contribution in [0.25, 0.3) is 0 Å². The zero-order valence-electron chi connectivity index (χ0n) is 13.3. The molecule has 0 saturated carbocycles. The van der Waals surface area contributed by atoms with Gasteiger partial charge in [0.2, 0.25) is 5.56 Å². The molecule has 3 aromatic rings. The maximum atomic E-state index is 11.2. The molecule has 0 saturated heterocycles. The number of hydrogen-bond acceptors (Lipinski definition) is 1. The maximum Gasteiger partial charge on any atom is 0.247 e. The lowest BCUT2D eigenvalue weighted by Crippen LogP contribution is -2.03. The third kappa shape index (κ3) is 4.28. The molecular formula is C20H17Cl2NO. The second-order valence-electron chi connectivity index (χ2n) is 5.95. The predicted octanol–water partition coefficient (Wildman–Crippen LogP) is 5.17. The first kappa shape index (κ1) is 16.8. The van der Waals surface area contributed by atoms with Crippen LogP contribution in [-0.2, 0) is 12.8 Å². The molecule has 1 heterocycles. The molecule has 1 N–H and O–H groups in total. The topological polar surface area (TPSA) is 32.9 Å². The van der Waals surface area contributed by atoms with E-state index in [0.29, 0.717) is 10.0 Å². The lowest BCUT2D eigenvalue weighted by molar-refractivity contribution is 1.09. The quantitative estimate of drug-likeness (QED) is 0.686. The van der Waals surface area contributed by atoms with Crippen LogP contribution in [0.2, 0.25) is 10.0 Å². The molecule has 0 aliphatic carbocycles. The van der Waals surface area contributed by atoms with Crippen molar-refractivity contribution >= 4 is 23.2 Å². The van der Waals surface area contributed by atoms with Crippen molar-refractivity contribution in [2.45, 2.75) is 19.8 Å². The highest BCUT2D eigenvalue weighted by Gasteiger charge is 2.05. The summed E-state index contributed by atoms with van der Waals surface area (Å²) in [5, 5.41) is 1.30. The van der Waals surface area contributed by atoms with E-state index in [9.17, 15) is 4.79 Å². The van der Waals surface area contributed by atoms with Crippen LogP contribution >= 0.6 is 23.2 Å². The van der Waals surface area contributed by atoms with Crippen molar-refractivity contribution < 1.29 is 0 Å². The van der Waals surface area contributed by atoms with Gasteiger partial charge in [0, 0.05) is 22.3 Å². The van der Waals surface area contributed by atoms with Gasteiger partial charge in [0.15, 0.2) is 0 Å². The number of nitrogens with one attached hydrogen (secondary N) is 1. The van der Waals surface area contributed by atoms with Gasteiger partial charge in [-0.05, 0) is 65.8 Å². The summed E-state index contributed by atoms with van der Waals surface area (Å²) in [6, 6.07) is 15.5. The average molecular weight is 358 g/mol. The molecule has 2 nitrogen and oxygen atoms in total. The fraction of sp³-hybridized carbons (Fsp3) is 0.150. The summed E-state index contributed by atoms with van der Waals surface area (Å²) < 4.78 is 0. The first-order valence-electron chi connectivity index (χ1n) is 7.70. The monoisotopic (exact) mass is 357 g/mol. The Morgan fingerprint density at radius 3 is 2.21 bits per heavy atom. The zero-order chi connectivity index (χ0) is 17.1. The van der Waals surface area contributed by atoms with E-state index in [2.05, 4.69) is 30.1 Å². The Morgan fingerprint density at radius 2 is 1.54 bits per heavy atom. The minimum atomic E-state index is -0.0822. The molecule has 4 heteroatoms. The SMILES string of the molecule is Cc1ccc(Cc2ccc(=O)[nH]c2)cc1Cc1cc(Cl)cc(Cl)c1. The Balaban J connectivity index is 1.85. The van der Waals surface area contributed by atoms with Gasteiger partial charge in [0.25, 0.3) is 0 Å². The zero-order valence-corrected chi connectivity index (χ0v) is 14.8. The molecule has 122 valence electrons. The van der Waals surface area contributed by atoms with Crippen LogP contribution in [-0.4, -0.2) is 4.98 Å². The van der Waals surface area contributed by atoms with Crippen LogP contribution in [0.5, 0.6) is 0 Å². The van der Waals surface area contributed by atoms with Gasteiger partial charge in [-0.1, -0.05) is 47.5 Å². The van der Waals surface area contributed by atoms with E-state index in [1.165, 1.54) is 16.7 Å². The van der Waals surface area contributed by atoms with Gasteiger partial charge in [-0.2, -0.15) is 0 Å². The third-order valence-corrected chi connectivity index (χ3v) is 4.42. The summed E-state index contributed by atoms with van der Waals surface area (Å²) in [6.45, 7) is 2.10. The van der Waals surface area contributed by atoms with Crippen molar-refractivity contribution in [2.75, 3.05) is 0 Å². The van der Waals surface area contributed by atoms with Crippen LogP contribution in [0.15, 0.2) is 59.5 Å². The van der Waals surface area contributed by atoms with Crippen LogP contribution in [0.4, 0.5) is 0 Å². The largest absolute Gasteiger partial charge is 0.329 e. The number of benzene rings is 2. The summed E-state index contributed by atoms with van der Waals surface area (Å²) in [7, 11) is 0. The number of halogens is 2. The average Bonchev–Trinajstić information content (AvgIpc) is 2.52. The minimum absolute atomic E-state index is 0.0822. The summed E-state index contributed by atoms with van der Waals surface area (Å²) in [4.78, 5) is 13.9. The molecule has 0 fully saturated rings. The van der Waals surface area contributed by atoms with Crippen LogP contribution in [0.1, 0.15) is 27.8 Å². The first-order valence-corrected chi connectivity index (χ1v) is 8.46. The van der Waals surface area contributed by atoms with Gasteiger partial charge in [-0.25, -0.2) is 0 Å². The first-order chi connectivity index (χ1) is 11.5. The molecule has 0 spiro atoms. The molecule has 3 rings (SSSR count). The molecule has 24 heavy (non-hydrogen) atoms. The lowest BCUT2D eigenvalue weighted by atomic mass is 9.96. The molecule has 2 aromatic carbocycles. The van der Waals surface area contributed by atoms with Crippen LogP contribution in [0, 0.1) is 6.92 Å². The highest BCUT2D eigenvalue weighted by atomic mass is 35.5. The Morgan fingerprint density at radius 1 is 0.833 bits per heavy atom. The number of H-pyrrole nitrogens is 1. The van der Waals surface area contributed by atoms with E-state index >= 15 is 0 Å². The molecule has 0 unspecified atom stereocenters. The van der Waals surface area contributed by atoms with Gasteiger partial charge < -0.3 is 4.98 Å². The second kappa shape index (κ2) is 7.25. The molecule has 0 radical (unpaired) electrons. The van der Waals surface area contributed by atoms with Gasteiger partial charge in [0.05, 0.1) is 0 Å². The molecule has 0 aliphatic rings. The molecule has 0 atom stereocenters. The Bertz CT molecular complexity index is 890. The van der Waals surface area contributed by atoms with Gasteiger partial charge in [-0.3, -0.25) is 4.79 Å². The van der Waals surface area contributed by atoms with Crippen LogP contribution in [0.3, 0.4) is 0 Å². The Kier molecular flexibility index (Phi) is 5.08. The summed E-state index contributed by atoms with van der Waals surface area (Å²) in [5.41, 5.74) is 5.77. The molecule has 0 amide bonds. The van der Waals surface area contributed by atoms with E-state index in [4.69, 9.17) is 23.2 Å². The van der Waals surface area contributed by atoms with Crippen molar-refractivity contribution in [1.82, 2.24) is 4.98 Å². The highest BCUT2D eigenvalue weighted by molar-refractivity contribution is 6.34. The predicted molar refractivity (Wildman–Crippen MR) is 100 cm³/mol. The number of aromatic nitrogens is 1. The Labute approximate surface area is 151 Å². The van der Waals surface area contributed by atoms with Crippen LogP contribution < -0.4 is 5.56 Å². The summed E-state index contributed by atoms with van der Waals surface area (Å²) in [6.07, 6.45) is 3.32. The number of aryl methyl sites for hydroxylation is 1. The van der Waals surface area contributed by atoms with Crippen molar-refractivity contribution in [3.8, 4) is 0 Å². The highest BCUT2D eigenvalue weighted by Crippen LogP contribution is 2.23. The fourth-order valence-corrected chi connectivity index (χ4v) is 3.32. The standard InChI is InChI=1S/C20H17Cl2NO/c1-13-2-3-14(6-15-4-5-20(24)23-12-15)7-17(13)8-16-9-18(21)11-19(22)10-16/h2-5,7,9-12H,6,8H2,1H3,(H,23,24). The lowest BCUT2D eigenvalue weighted by Gasteiger charge is -2.10.